The molecule has 7 heteroatoms. The molecule has 2 aromatic rings. The molecule has 0 bridgehead atoms. The van der Waals surface area contributed by atoms with E-state index in [-0.39, 0.29) is 24.0 Å². The van der Waals surface area contributed by atoms with Crippen LogP contribution in [0.2, 0.25) is 0 Å². The molecule has 1 fully saturated rings. The Hall–Kier alpha value is -2.00. The van der Waals surface area contributed by atoms with Crippen LogP contribution in [0, 0.1) is 0 Å². The lowest BCUT2D eigenvalue weighted by Gasteiger charge is -2.36. The van der Waals surface area contributed by atoms with E-state index in [0.29, 0.717) is 13.3 Å². The van der Waals surface area contributed by atoms with Gasteiger partial charge in [-0.2, -0.15) is 0 Å². The number of aliphatic imine (C=N–C) groups is 1. The molecule has 1 N–H and O–H groups in total. The second kappa shape index (κ2) is 9.97. The molecular formula is C21H27IN4O2. The van der Waals surface area contributed by atoms with E-state index < -0.39 is 0 Å². The summed E-state index contributed by atoms with van der Waals surface area (Å²) in [7, 11) is 1.85. The minimum absolute atomic E-state index is 0. The van der Waals surface area contributed by atoms with Crippen LogP contribution >= 0.6 is 24.0 Å². The predicted molar refractivity (Wildman–Crippen MR) is 121 cm³/mol. The number of rotatable bonds is 4. The van der Waals surface area contributed by atoms with Gasteiger partial charge in [0.15, 0.2) is 17.5 Å². The first-order chi connectivity index (χ1) is 13.3. The maximum atomic E-state index is 5.45. The molecule has 0 atom stereocenters. The van der Waals surface area contributed by atoms with Crippen molar-refractivity contribution in [2.45, 2.75) is 13.1 Å². The Kier molecular flexibility index (Phi) is 7.38. The van der Waals surface area contributed by atoms with Crippen molar-refractivity contribution in [1.29, 1.82) is 0 Å². The van der Waals surface area contributed by atoms with E-state index in [9.17, 15) is 0 Å². The number of fused-ring (bicyclic) bond motifs is 1. The quantitative estimate of drug-likeness (QED) is 0.403. The zero-order valence-corrected chi connectivity index (χ0v) is 18.5. The van der Waals surface area contributed by atoms with Gasteiger partial charge in [0.25, 0.3) is 0 Å². The van der Waals surface area contributed by atoms with E-state index in [4.69, 9.17) is 9.47 Å². The summed E-state index contributed by atoms with van der Waals surface area (Å²) in [5, 5.41) is 3.47. The molecule has 2 aromatic carbocycles. The van der Waals surface area contributed by atoms with E-state index in [1.165, 1.54) is 5.56 Å². The summed E-state index contributed by atoms with van der Waals surface area (Å²) >= 11 is 0. The zero-order chi connectivity index (χ0) is 18.5. The molecule has 0 aliphatic carbocycles. The largest absolute Gasteiger partial charge is 0.454 e. The highest BCUT2D eigenvalue weighted by molar-refractivity contribution is 14.0. The number of guanidine groups is 1. The monoisotopic (exact) mass is 494 g/mol. The average Bonchev–Trinajstić information content (AvgIpc) is 3.18. The minimum atomic E-state index is 0. The molecule has 28 heavy (non-hydrogen) atoms. The van der Waals surface area contributed by atoms with E-state index >= 15 is 0 Å². The van der Waals surface area contributed by atoms with Gasteiger partial charge in [-0.3, -0.25) is 9.89 Å². The molecule has 1 saturated heterocycles. The maximum absolute atomic E-state index is 5.45. The van der Waals surface area contributed by atoms with Crippen molar-refractivity contribution in [1.82, 2.24) is 15.1 Å². The first-order valence-corrected chi connectivity index (χ1v) is 9.42. The van der Waals surface area contributed by atoms with Crippen LogP contribution in [0.3, 0.4) is 0 Å². The molecule has 0 unspecified atom stereocenters. The van der Waals surface area contributed by atoms with E-state index in [1.807, 2.05) is 19.2 Å². The molecule has 150 valence electrons. The minimum Gasteiger partial charge on any atom is -0.454 e. The molecule has 0 saturated carbocycles. The van der Waals surface area contributed by atoms with Gasteiger partial charge in [0.1, 0.15) is 0 Å². The van der Waals surface area contributed by atoms with E-state index in [1.54, 1.807) is 0 Å². The molecule has 2 aliphatic rings. The first-order valence-electron chi connectivity index (χ1n) is 9.42. The average molecular weight is 494 g/mol. The SMILES string of the molecule is CN=C(NCc1ccc2c(c1)OCO2)N1CCN(Cc2ccccc2)CC1.I. The smallest absolute Gasteiger partial charge is 0.231 e. The topological polar surface area (TPSA) is 49.3 Å². The third kappa shape index (κ3) is 5.08. The van der Waals surface area contributed by atoms with Gasteiger partial charge in [-0.1, -0.05) is 36.4 Å². The van der Waals surface area contributed by atoms with Crippen molar-refractivity contribution in [3.8, 4) is 11.5 Å². The Morgan fingerprint density at radius 3 is 2.46 bits per heavy atom. The van der Waals surface area contributed by atoms with Crippen molar-refractivity contribution in [3.63, 3.8) is 0 Å². The molecule has 2 heterocycles. The van der Waals surface area contributed by atoms with Crippen LogP contribution in [-0.4, -0.2) is 55.8 Å². The fourth-order valence-electron chi connectivity index (χ4n) is 3.52. The predicted octanol–water partition coefficient (Wildman–Crippen LogP) is 2.93. The lowest BCUT2D eigenvalue weighted by atomic mass is 10.2. The van der Waals surface area contributed by atoms with Crippen LogP contribution in [0.25, 0.3) is 0 Å². The lowest BCUT2D eigenvalue weighted by Crippen LogP contribution is -2.52. The number of halogens is 1. The Morgan fingerprint density at radius 2 is 1.71 bits per heavy atom. The Balaban J connectivity index is 0.00000225. The summed E-state index contributed by atoms with van der Waals surface area (Å²) in [6.45, 7) is 6.08. The van der Waals surface area contributed by atoms with Crippen LogP contribution < -0.4 is 14.8 Å². The lowest BCUT2D eigenvalue weighted by molar-refractivity contribution is 0.172. The summed E-state index contributed by atoms with van der Waals surface area (Å²) in [6.07, 6.45) is 0. The van der Waals surface area contributed by atoms with Gasteiger partial charge in [-0.25, -0.2) is 0 Å². The van der Waals surface area contributed by atoms with Crippen LogP contribution in [0.1, 0.15) is 11.1 Å². The molecule has 0 aromatic heterocycles. The maximum Gasteiger partial charge on any atom is 0.231 e. The number of nitrogens with zero attached hydrogens (tertiary/aromatic N) is 3. The number of benzene rings is 2. The van der Waals surface area contributed by atoms with Crippen molar-refractivity contribution in [3.05, 3.63) is 59.7 Å². The van der Waals surface area contributed by atoms with Gasteiger partial charge in [0.05, 0.1) is 0 Å². The van der Waals surface area contributed by atoms with Crippen molar-refractivity contribution in [2.24, 2.45) is 4.99 Å². The van der Waals surface area contributed by atoms with Gasteiger partial charge >= 0.3 is 0 Å². The summed E-state index contributed by atoms with van der Waals surface area (Å²) in [6, 6.07) is 16.7. The highest BCUT2D eigenvalue weighted by Gasteiger charge is 2.20. The number of ether oxygens (including phenoxy) is 2. The highest BCUT2D eigenvalue weighted by Crippen LogP contribution is 2.32. The van der Waals surface area contributed by atoms with Crippen molar-refractivity contribution < 1.29 is 9.47 Å². The number of hydrogen-bond donors (Lipinski definition) is 1. The zero-order valence-electron chi connectivity index (χ0n) is 16.1. The number of nitrogens with one attached hydrogen (secondary N) is 1. The molecular weight excluding hydrogens is 467 g/mol. The molecule has 0 spiro atoms. The Bertz CT molecular complexity index is 792. The Labute approximate surface area is 183 Å². The number of hydrogen-bond acceptors (Lipinski definition) is 4. The standard InChI is InChI=1S/C21H26N4O2.HI/c1-22-21(23-14-18-7-8-19-20(13-18)27-16-26-19)25-11-9-24(10-12-25)15-17-5-3-2-4-6-17;/h2-8,13H,9-12,14-16H2,1H3,(H,22,23);1H. The van der Waals surface area contributed by atoms with Crippen molar-refractivity contribution >= 4 is 29.9 Å². The normalized spacial score (nSPS) is 16.6. The molecule has 0 amide bonds. The van der Waals surface area contributed by atoms with Gasteiger partial charge in [0.2, 0.25) is 6.79 Å². The second-order valence-corrected chi connectivity index (χ2v) is 6.84. The summed E-state index contributed by atoms with van der Waals surface area (Å²) in [5.41, 5.74) is 2.53. The van der Waals surface area contributed by atoms with Gasteiger partial charge in [0, 0.05) is 46.3 Å². The van der Waals surface area contributed by atoms with Crippen LogP contribution in [-0.2, 0) is 13.1 Å². The van der Waals surface area contributed by atoms with E-state index in [0.717, 1.165) is 55.7 Å². The Morgan fingerprint density at radius 1 is 0.964 bits per heavy atom. The van der Waals surface area contributed by atoms with Crippen LogP contribution in [0.4, 0.5) is 0 Å². The van der Waals surface area contributed by atoms with E-state index in [2.05, 4.69) is 56.5 Å². The second-order valence-electron chi connectivity index (χ2n) is 6.84. The van der Waals surface area contributed by atoms with Crippen molar-refractivity contribution in [2.75, 3.05) is 40.0 Å². The number of piperazine rings is 1. The fraction of sp³-hybridized carbons (Fsp3) is 0.381. The third-order valence-electron chi connectivity index (χ3n) is 5.02. The fourth-order valence-corrected chi connectivity index (χ4v) is 3.52. The molecule has 6 nitrogen and oxygen atoms in total. The summed E-state index contributed by atoms with van der Waals surface area (Å²) in [4.78, 5) is 9.29. The third-order valence-corrected chi connectivity index (χ3v) is 5.02. The molecule has 0 radical (unpaired) electrons. The molecule has 2 aliphatic heterocycles. The first kappa shape index (κ1) is 20.7. The van der Waals surface area contributed by atoms with Crippen LogP contribution in [0.15, 0.2) is 53.5 Å². The van der Waals surface area contributed by atoms with Crippen LogP contribution in [0.5, 0.6) is 11.5 Å². The summed E-state index contributed by atoms with van der Waals surface area (Å²) in [5.74, 6) is 2.59. The van der Waals surface area contributed by atoms with Gasteiger partial charge < -0.3 is 19.7 Å². The van der Waals surface area contributed by atoms with Gasteiger partial charge in [-0.15, -0.1) is 24.0 Å². The van der Waals surface area contributed by atoms with Gasteiger partial charge in [-0.05, 0) is 23.3 Å². The summed E-state index contributed by atoms with van der Waals surface area (Å²) < 4.78 is 10.8. The highest BCUT2D eigenvalue weighted by atomic mass is 127. The molecule has 4 rings (SSSR count).